The van der Waals surface area contributed by atoms with E-state index in [0.29, 0.717) is 11.6 Å². The van der Waals surface area contributed by atoms with Crippen molar-refractivity contribution in [2.24, 2.45) is 4.99 Å². The predicted molar refractivity (Wildman–Crippen MR) is 73.7 cm³/mol. The van der Waals surface area contributed by atoms with E-state index in [0.717, 1.165) is 21.8 Å². The van der Waals surface area contributed by atoms with Gasteiger partial charge in [-0.25, -0.2) is 0 Å². The van der Waals surface area contributed by atoms with E-state index in [1.165, 1.54) is 6.07 Å². The smallest absolute Gasteiger partial charge is 0.287 e. The minimum absolute atomic E-state index is 0.128. The van der Waals surface area contributed by atoms with Crippen LogP contribution in [0, 0.1) is 10.1 Å². The third kappa shape index (κ3) is 3.38. The molecule has 18 heavy (non-hydrogen) atoms. The van der Waals surface area contributed by atoms with Crippen molar-refractivity contribution in [3.63, 3.8) is 0 Å². The molecule has 1 aromatic heterocycles. The largest absolute Gasteiger partial charge is 0.324 e. The van der Waals surface area contributed by atoms with Crippen LogP contribution >= 0.6 is 22.9 Å². The minimum atomic E-state index is -0.402. The van der Waals surface area contributed by atoms with Gasteiger partial charge in [-0.3, -0.25) is 15.1 Å². The van der Waals surface area contributed by atoms with Crippen LogP contribution in [0.4, 0.5) is 5.00 Å². The Hall–Kier alpha value is -1.72. The van der Waals surface area contributed by atoms with Gasteiger partial charge in [0.1, 0.15) is 0 Å². The van der Waals surface area contributed by atoms with E-state index in [1.807, 2.05) is 24.3 Å². The zero-order chi connectivity index (χ0) is 13.0. The van der Waals surface area contributed by atoms with Crippen LogP contribution in [0.15, 0.2) is 41.4 Å². The fraction of sp³-hybridized carbons (Fsp3) is 0.0833. The summed E-state index contributed by atoms with van der Waals surface area (Å²) < 4.78 is 0. The van der Waals surface area contributed by atoms with Gasteiger partial charge in [0, 0.05) is 17.3 Å². The Kier molecular flexibility index (Phi) is 4.07. The Morgan fingerprint density at radius 2 is 2.00 bits per heavy atom. The summed E-state index contributed by atoms with van der Waals surface area (Å²) in [5.74, 6) is 0. The van der Waals surface area contributed by atoms with Crippen molar-refractivity contribution in [3.8, 4) is 0 Å². The van der Waals surface area contributed by atoms with Crippen LogP contribution in [0.3, 0.4) is 0 Å². The lowest BCUT2D eigenvalue weighted by molar-refractivity contribution is -0.380. The van der Waals surface area contributed by atoms with Crippen LogP contribution in [-0.4, -0.2) is 11.1 Å². The van der Waals surface area contributed by atoms with Crippen LogP contribution in [0.2, 0.25) is 5.02 Å². The number of thiophene rings is 1. The summed E-state index contributed by atoms with van der Waals surface area (Å²) in [6.07, 6.45) is 1.65. The molecule has 92 valence electrons. The summed E-state index contributed by atoms with van der Waals surface area (Å²) in [4.78, 5) is 15.1. The molecule has 0 N–H and O–H groups in total. The SMILES string of the molecule is O=[N+]([O-])c1ccc(C=NCc2ccc(Cl)cc2)s1. The maximum atomic E-state index is 10.5. The first-order valence-electron chi connectivity index (χ1n) is 5.13. The van der Waals surface area contributed by atoms with Gasteiger partial charge in [-0.15, -0.1) is 0 Å². The van der Waals surface area contributed by atoms with Crippen molar-refractivity contribution in [2.45, 2.75) is 6.54 Å². The fourth-order valence-electron chi connectivity index (χ4n) is 1.34. The summed E-state index contributed by atoms with van der Waals surface area (Å²) in [5, 5.41) is 11.3. The second-order valence-electron chi connectivity index (χ2n) is 3.53. The van der Waals surface area contributed by atoms with Crippen molar-refractivity contribution in [1.82, 2.24) is 0 Å². The summed E-state index contributed by atoms with van der Waals surface area (Å²) in [6.45, 7) is 0.531. The van der Waals surface area contributed by atoms with E-state index in [2.05, 4.69) is 4.99 Å². The molecule has 2 rings (SSSR count). The fourth-order valence-corrected chi connectivity index (χ4v) is 2.18. The highest BCUT2D eigenvalue weighted by Crippen LogP contribution is 2.22. The van der Waals surface area contributed by atoms with E-state index >= 15 is 0 Å². The molecule has 1 aromatic carbocycles. The minimum Gasteiger partial charge on any atom is -0.287 e. The molecule has 4 nitrogen and oxygen atoms in total. The Bertz CT molecular complexity index is 578. The molecule has 0 radical (unpaired) electrons. The Morgan fingerprint density at radius 3 is 2.61 bits per heavy atom. The normalized spacial score (nSPS) is 10.9. The van der Waals surface area contributed by atoms with E-state index in [-0.39, 0.29) is 5.00 Å². The van der Waals surface area contributed by atoms with Gasteiger partial charge in [-0.2, -0.15) is 0 Å². The standard InChI is InChI=1S/C12H9ClN2O2S/c13-10-3-1-9(2-4-10)7-14-8-11-5-6-12(18-11)15(16)17/h1-6,8H,7H2. The topological polar surface area (TPSA) is 55.5 Å². The second-order valence-corrected chi connectivity index (χ2v) is 5.06. The summed E-state index contributed by atoms with van der Waals surface area (Å²) in [5.41, 5.74) is 1.04. The third-order valence-corrected chi connectivity index (χ3v) is 3.42. The lowest BCUT2D eigenvalue weighted by Gasteiger charge is -1.95. The Balaban J connectivity index is 1.98. The van der Waals surface area contributed by atoms with Crippen LogP contribution in [0.1, 0.15) is 10.4 Å². The number of hydrogen-bond donors (Lipinski definition) is 0. The van der Waals surface area contributed by atoms with Gasteiger partial charge in [0.15, 0.2) is 0 Å². The first-order valence-corrected chi connectivity index (χ1v) is 6.33. The van der Waals surface area contributed by atoms with E-state index in [9.17, 15) is 10.1 Å². The quantitative estimate of drug-likeness (QED) is 0.484. The van der Waals surface area contributed by atoms with Gasteiger partial charge in [-0.05, 0) is 23.8 Å². The van der Waals surface area contributed by atoms with Crippen molar-refractivity contribution in [1.29, 1.82) is 0 Å². The highest BCUT2D eigenvalue weighted by molar-refractivity contribution is 7.16. The highest BCUT2D eigenvalue weighted by Gasteiger charge is 2.07. The van der Waals surface area contributed by atoms with Gasteiger partial charge < -0.3 is 0 Å². The molecule has 0 fully saturated rings. The van der Waals surface area contributed by atoms with Crippen molar-refractivity contribution >= 4 is 34.2 Å². The molecule has 0 aliphatic heterocycles. The van der Waals surface area contributed by atoms with Crippen molar-refractivity contribution in [3.05, 3.63) is 62.0 Å². The van der Waals surface area contributed by atoms with Crippen LogP contribution in [-0.2, 0) is 6.54 Å². The van der Waals surface area contributed by atoms with Crippen LogP contribution in [0.25, 0.3) is 0 Å². The lowest BCUT2D eigenvalue weighted by atomic mass is 10.2. The van der Waals surface area contributed by atoms with Crippen LogP contribution < -0.4 is 0 Å². The summed E-state index contributed by atoms with van der Waals surface area (Å²) in [7, 11) is 0. The number of hydrogen-bond acceptors (Lipinski definition) is 4. The van der Waals surface area contributed by atoms with E-state index in [4.69, 9.17) is 11.6 Å². The van der Waals surface area contributed by atoms with Gasteiger partial charge in [0.2, 0.25) is 0 Å². The molecule has 0 atom stereocenters. The first kappa shape index (κ1) is 12.7. The van der Waals surface area contributed by atoms with Crippen molar-refractivity contribution < 1.29 is 4.92 Å². The van der Waals surface area contributed by atoms with Gasteiger partial charge in [0.25, 0.3) is 0 Å². The second kappa shape index (κ2) is 5.75. The molecular weight excluding hydrogens is 272 g/mol. The monoisotopic (exact) mass is 280 g/mol. The Labute approximate surface area is 113 Å². The zero-order valence-electron chi connectivity index (χ0n) is 9.25. The average molecular weight is 281 g/mol. The number of benzene rings is 1. The molecule has 0 amide bonds. The van der Waals surface area contributed by atoms with Gasteiger partial charge in [-0.1, -0.05) is 35.1 Å². The third-order valence-electron chi connectivity index (χ3n) is 2.20. The number of rotatable bonds is 4. The van der Waals surface area contributed by atoms with E-state index in [1.54, 1.807) is 12.3 Å². The maximum Gasteiger partial charge on any atom is 0.324 e. The summed E-state index contributed by atoms with van der Waals surface area (Å²) in [6, 6.07) is 10.6. The predicted octanol–water partition coefficient (Wildman–Crippen LogP) is 3.93. The van der Waals surface area contributed by atoms with E-state index < -0.39 is 4.92 Å². The maximum absolute atomic E-state index is 10.5. The molecular formula is C12H9ClN2O2S. The van der Waals surface area contributed by atoms with Gasteiger partial charge >= 0.3 is 5.00 Å². The average Bonchev–Trinajstić information content (AvgIpc) is 2.81. The van der Waals surface area contributed by atoms with Crippen molar-refractivity contribution in [2.75, 3.05) is 0 Å². The number of aliphatic imine (C=N–C) groups is 1. The number of halogens is 1. The molecule has 0 spiro atoms. The molecule has 6 heteroatoms. The molecule has 0 unspecified atom stereocenters. The number of nitro groups is 1. The molecule has 0 aliphatic rings. The zero-order valence-corrected chi connectivity index (χ0v) is 10.8. The highest BCUT2D eigenvalue weighted by atomic mass is 35.5. The Morgan fingerprint density at radius 1 is 1.28 bits per heavy atom. The molecule has 0 saturated heterocycles. The molecule has 0 aliphatic carbocycles. The first-order chi connectivity index (χ1) is 8.65. The molecule has 0 bridgehead atoms. The molecule has 1 heterocycles. The summed E-state index contributed by atoms with van der Waals surface area (Å²) >= 11 is 6.88. The molecule has 0 saturated carbocycles. The molecule has 2 aromatic rings. The number of nitrogens with zero attached hydrogens (tertiary/aromatic N) is 2. The lowest BCUT2D eigenvalue weighted by Crippen LogP contribution is -1.82. The van der Waals surface area contributed by atoms with Gasteiger partial charge in [0.05, 0.1) is 16.3 Å². The van der Waals surface area contributed by atoms with Crippen LogP contribution in [0.5, 0.6) is 0 Å².